The van der Waals surface area contributed by atoms with Crippen LogP contribution in [0.3, 0.4) is 0 Å². The molecule has 2 rings (SSSR count). The van der Waals surface area contributed by atoms with E-state index < -0.39 is 10.0 Å². The summed E-state index contributed by atoms with van der Waals surface area (Å²) in [5, 5.41) is 0. The molecule has 116 valence electrons. The van der Waals surface area contributed by atoms with Crippen molar-refractivity contribution in [2.45, 2.75) is 37.8 Å². The quantitative estimate of drug-likeness (QED) is 0.850. The molecule has 1 aromatic rings. The second-order valence-corrected chi connectivity index (χ2v) is 7.71. The van der Waals surface area contributed by atoms with Crippen LogP contribution in [-0.4, -0.2) is 43.0 Å². The molecule has 0 radical (unpaired) electrons. The monoisotopic (exact) mass is 328 g/mol. The summed E-state index contributed by atoms with van der Waals surface area (Å²) in [6, 6.07) is 4.76. The third kappa shape index (κ3) is 3.26. The van der Waals surface area contributed by atoms with Gasteiger partial charge in [0.15, 0.2) is 0 Å². The van der Waals surface area contributed by atoms with Crippen molar-refractivity contribution in [3.05, 3.63) is 29.3 Å². The van der Waals surface area contributed by atoms with Crippen molar-refractivity contribution < 1.29 is 13.2 Å². The molecule has 1 heterocycles. The molecular weight excluding hydrogens is 308 g/mol. The standard InChI is InChI=1S/C14H20N2O3S2/c1-9-6-12(14(15)20)4-5-13(9)21(17,18)16-7-11(3)19-8-10(16)2/h4-6,10-11H,7-8H2,1-3H3,(H2,15,20). The van der Waals surface area contributed by atoms with Gasteiger partial charge in [0.2, 0.25) is 10.0 Å². The van der Waals surface area contributed by atoms with Crippen LogP contribution >= 0.6 is 12.2 Å². The number of hydrogen-bond donors (Lipinski definition) is 1. The number of thiocarbonyl (C=S) groups is 1. The lowest BCUT2D eigenvalue weighted by Gasteiger charge is -2.36. The van der Waals surface area contributed by atoms with Gasteiger partial charge < -0.3 is 10.5 Å². The molecule has 7 heteroatoms. The first-order valence-corrected chi connectivity index (χ1v) is 8.62. The summed E-state index contributed by atoms with van der Waals surface area (Å²) in [7, 11) is -3.55. The predicted octanol–water partition coefficient (Wildman–Crippen LogP) is 1.43. The smallest absolute Gasteiger partial charge is 0.243 e. The molecule has 0 bridgehead atoms. The van der Waals surface area contributed by atoms with Gasteiger partial charge in [-0.3, -0.25) is 0 Å². The highest BCUT2D eigenvalue weighted by Gasteiger charge is 2.34. The Morgan fingerprint density at radius 3 is 2.67 bits per heavy atom. The van der Waals surface area contributed by atoms with Crippen LogP contribution in [0.2, 0.25) is 0 Å². The number of hydrogen-bond acceptors (Lipinski definition) is 4. The highest BCUT2D eigenvalue weighted by Crippen LogP contribution is 2.25. The van der Waals surface area contributed by atoms with E-state index in [0.717, 1.165) is 0 Å². The maximum Gasteiger partial charge on any atom is 0.243 e. The topological polar surface area (TPSA) is 72.6 Å². The molecule has 0 saturated carbocycles. The van der Waals surface area contributed by atoms with Gasteiger partial charge in [0.05, 0.1) is 17.6 Å². The lowest BCUT2D eigenvalue weighted by Crippen LogP contribution is -2.50. The molecule has 0 aromatic heterocycles. The Labute approximate surface area is 131 Å². The number of ether oxygens (including phenoxy) is 1. The van der Waals surface area contributed by atoms with Gasteiger partial charge in [-0.2, -0.15) is 4.31 Å². The summed E-state index contributed by atoms with van der Waals surface area (Å²) in [6.45, 7) is 6.24. The van der Waals surface area contributed by atoms with Crippen LogP contribution in [0.4, 0.5) is 0 Å². The van der Waals surface area contributed by atoms with Gasteiger partial charge in [-0.15, -0.1) is 0 Å². The lowest BCUT2D eigenvalue weighted by molar-refractivity contribution is -0.0170. The van der Waals surface area contributed by atoms with E-state index in [1.165, 1.54) is 4.31 Å². The van der Waals surface area contributed by atoms with Crippen LogP contribution in [-0.2, 0) is 14.8 Å². The third-order valence-corrected chi connectivity index (χ3v) is 5.97. The van der Waals surface area contributed by atoms with E-state index in [1.807, 2.05) is 13.8 Å². The van der Waals surface area contributed by atoms with Gasteiger partial charge in [-0.1, -0.05) is 18.3 Å². The van der Waals surface area contributed by atoms with Gasteiger partial charge >= 0.3 is 0 Å². The van der Waals surface area contributed by atoms with Crippen molar-refractivity contribution in [2.75, 3.05) is 13.2 Å². The van der Waals surface area contributed by atoms with Crippen molar-refractivity contribution in [1.29, 1.82) is 0 Å². The molecule has 0 aliphatic carbocycles. The summed E-state index contributed by atoms with van der Waals surface area (Å²) in [4.78, 5) is 0.555. The summed E-state index contributed by atoms with van der Waals surface area (Å²) < 4.78 is 32.7. The van der Waals surface area contributed by atoms with E-state index in [4.69, 9.17) is 22.7 Å². The largest absolute Gasteiger partial charge is 0.389 e. The van der Waals surface area contributed by atoms with Crippen LogP contribution in [0.25, 0.3) is 0 Å². The minimum Gasteiger partial charge on any atom is -0.389 e. The zero-order valence-electron chi connectivity index (χ0n) is 12.4. The first-order valence-electron chi connectivity index (χ1n) is 6.77. The fraction of sp³-hybridized carbons (Fsp3) is 0.500. The summed E-state index contributed by atoms with van der Waals surface area (Å²) in [5.74, 6) is 0. The number of nitrogens with two attached hydrogens (primary N) is 1. The lowest BCUT2D eigenvalue weighted by atomic mass is 10.1. The Morgan fingerprint density at radius 2 is 2.10 bits per heavy atom. The molecule has 1 aliphatic heterocycles. The number of aryl methyl sites for hydroxylation is 1. The Hall–Kier alpha value is -1.02. The molecule has 1 aliphatic rings. The van der Waals surface area contributed by atoms with Gasteiger partial charge in [-0.05, 0) is 38.5 Å². The van der Waals surface area contributed by atoms with Gasteiger partial charge in [0, 0.05) is 18.2 Å². The minimum absolute atomic E-state index is 0.104. The van der Waals surface area contributed by atoms with Crippen LogP contribution in [0, 0.1) is 6.92 Å². The second kappa shape index (κ2) is 6.00. The zero-order chi connectivity index (χ0) is 15.8. The second-order valence-electron chi connectivity index (χ2n) is 5.41. The molecule has 5 nitrogen and oxygen atoms in total. The molecule has 1 fully saturated rings. The Bertz CT molecular complexity index is 658. The highest BCUT2D eigenvalue weighted by atomic mass is 32.2. The number of benzene rings is 1. The van der Waals surface area contributed by atoms with Crippen LogP contribution < -0.4 is 5.73 Å². The molecule has 0 amide bonds. The van der Waals surface area contributed by atoms with Crippen LogP contribution in [0.5, 0.6) is 0 Å². The molecule has 2 atom stereocenters. The molecular formula is C14H20N2O3S2. The van der Waals surface area contributed by atoms with Crippen molar-refractivity contribution in [3.8, 4) is 0 Å². The Balaban J connectivity index is 2.41. The summed E-state index contributed by atoms with van der Waals surface area (Å²) in [5.41, 5.74) is 6.90. The number of nitrogens with zero attached hydrogens (tertiary/aromatic N) is 1. The van der Waals surface area contributed by atoms with E-state index >= 15 is 0 Å². The van der Waals surface area contributed by atoms with E-state index in [9.17, 15) is 8.42 Å². The molecule has 0 spiro atoms. The van der Waals surface area contributed by atoms with Gasteiger partial charge in [-0.25, -0.2) is 8.42 Å². The summed E-state index contributed by atoms with van der Waals surface area (Å²) >= 11 is 4.92. The van der Waals surface area contributed by atoms with E-state index in [-0.39, 0.29) is 17.1 Å². The number of sulfonamides is 1. The fourth-order valence-corrected chi connectivity index (χ4v) is 4.45. The number of morpholine rings is 1. The summed E-state index contributed by atoms with van der Waals surface area (Å²) in [6.07, 6.45) is -0.104. The number of rotatable bonds is 3. The fourth-order valence-electron chi connectivity index (χ4n) is 2.43. The van der Waals surface area contributed by atoms with E-state index in [2.05, 4.69) is 0 Å². The van der Waals surface area contributed by atoms with E-state index in [0.29, 0.717) is 29.2 Å². The minimum atomic E-state index is -3.55. The average molecular weight is 328 g/mol. The molecule has 1 aromatic carbocycles. The van der Waals surface area contributed by atoms with Crippen molar-refractivity contribution in [3.63, 3.8) is 0 Å². The van der Waals surface area contributed by atoms with Gasteiger partial charge in [0.1, 0.15) is 4.99 Å². The highest BCUT2D eigenvalue weighted by molar-refractivity contribution is 7.89. The third-order valence-electron chi connectivity index (χ3n) is 3.60. The SMILES string of the molecule is Cc1cc(C(N)=S)ccc1S(=O)(=O)N1CC(C)OCC1C. The van der Waals surface area contributed by atoms with Crippen molar-refractivity contribution in [1.82, 2.24) is 4.31 Å². The van der Waals surface area contributed by atoms with Gasteiger partial charge in [0.25, 0.3) is 0 Å². The Morgan fingerprint density at radius 1 is 1.43 bits per heavy atom. The molecule has 1 saturated heterocycles. The Kier molecular flexibility index (Phi) is 4.67. The predicted molar refractivity (Wildman–Crippen MR) is 85.8 cm³/mol. The van der Waals surface area contributed by atoms with Crippen LogP contribution in [0.1, 0.15) is 25.0 Å². The molecule has 21 heavy (non-hydrogen) atoms. The normalized spacial score (nSPS) is 24.0. The first kappa shape index (κ1) is 16.4. The maximum absolute atomic E-state index is 12.9. The molecule has 2 unspecified atom stereocenters. The van der Waals surface area contributed by atoms with E-state index in [1.54, 1.807) is 25.1 Å². The van der Waals surface area contributed by atoms with Crippen molar-refractivity contribution >= 4 is 27.2 Å². The zero-order valence-corrected chi connectivity index (χ0v) is 14.0. The molecule has 2 N–H and O–H groups in total. The van der Waals surface area contributed by atoms with Crippen LogP contribution in [0.15, 0.2) is 23.1 Å². The average Bonchev–Trinajstić information content (AvgIpc) is 2.40. The maximum atomic E-state index is 12.9. The van der Waals surface area contributed by atoms with Crippen molar-refractivity contribution in [2.24, 2.45) is 5.73 Å². The first-order chi connectivity index (χ1) is 9.73.